The minimum atomic E-state index is -1.41. The molecule has 0 spiro atoms. The smallest absolute Gasteiger partial charge is 0.424 e. The molecule has 8 heavy (non-hydrogen) atoms. The van der Waals surface area contributed by atoms with Gasteiger partial charge in [0.25, 0.3) is 0 Å². The molecule has 0 aromatic heterocycles. The first-order valence-electron chi connectivity index (χ1n) is 1.95. The average Bonchev–Trinajstić information content (AvgIpc) is 1.65. The lowest BCUT2D eigenvalue weighted by Crippen LogP contribution is -2.06. The highest BCUT2D eigenvalue weighted by Crippen LogP contribution is 2.05. The van der Waals surface area contributed by atoms with Crippen LogP contribution in [0.1, 0.15) is 0 Å². The molecule has 0 aliphatic heterocycles. The summed E-state index contributed by atoms with van der Waals surface area (Å²) in [5, 5.41) is 16.5. The molecule has 0 radical (unpaired) electrons. The third kappa shape index (κ3) is 4.65. The van der Waals surface area contributed by atoms with Crippen LogP contribution >= 0.6 is 27.5 Å². The number of rotatable bonds is 2. The van der Waals surface area contributed by atoms with Crippen molar-refractivity contribution in [3.63, 3.8) is 0 Å². The summed E-state index contributed by atoms with van der Waals surface area (Å²) in [5.74, 6) is 1.46. The lowest BCUT2D eigenvalue weighted by Gasteiger charge is -1.88. The number of halogens is 2. The van der Waals surface area contributed by atoms with Gasteiger partial charge in [-0.2, -0.15) is 0 Å². The molecule has 0 aliphatic rings. The molecule has 0 saturated carbocycles. The molecule has 0 rings (SSSR count). The van der Waals surface area contributed by atoms with Crippen molar-refractivity contribution in [3.8, 4) is 0 Å². The van der Waals surface area contributed by atoms with Crippen LogP contribution in [0.3, 0.4) is 0 Å². The summed E-state index contributed by atoms with van der Waals surface area (Å²) >= 11 is 8.25. The lowest BCUT2D eigenvalue weighted by atomic mass is 9.92. The minimum Gasteiger partial charge on any atom is -0.424 e. The fraction of sp³-hybridized carbons (Fsp3) is 0.333. The second-order valence-electron chi connectivity index (χ2n) is 1.16. The molecule has 2 N–H and O–H groups in total. The Kier molecular flexibility index (Phi) is 4.65. The van der Waals surface area contributed by atoms with Crippen molar-refractivity contribution in [1.29, 1.82) is 0 Å². The van der Waals surface area contributed by atoms with Crippen LogP contribution in [0.2, 0.25) is 0 Å². The van der Waals surface area contributed by atoms with Gasteiger partial charge in [0, 0.05) is 4.48 Å². The quantitative estimate of drug-likeness (QED) is 0.502. The molecule has 0 atom stereocenters. The van der Waals surface area contributed by atoms with Gasteiger partial charge in [-0.15, -0.1) is 11.6 Å². The zero-order valence-electron chi connectivity index (χ0n) is 4.01. The molecule has 0 unspecified atom stereocenters. The van der Waals surface area contributed by atoms with Crippen LogP contribution in [0.25, 0.3) is 0 Å². The van der Waals surface area contributed by atoms with E-state index < -0.39 is 7.12 Å². The van der Waals surface area contributed by atoms with Crippen molar-refractivity contribution in [2.24, 2.45) is 0 Å². The van der Waals surface area contributed by atoms with E-state index in [-0.39, 0.29) is 5.88 Å². The van der Waals surface area contributed by atoms with E-state index in [0.717, 1.165) is 0 Å². The van der Waals surface area contributed by atoms with E-state index in [2.05, 4.69) is 15.9 Å². The highest BCUT2D eigenvalue weighted by atomic mass is 79.9. The van der Waals surface area contributed by atoms with Crippen LogP contribution in [0, 0.1) is 0 Å². The van der Waals surface area contributed by atoms with Crippen molar-refractivity contribution >= 4 is 34.6 Å². The van der Waals surface area contributed by atoms with Gasteiger partial charge >= 0.3 is 7.12 Å². The van der Waals surface area contributed by atoms with E-state index in [4.69, 9.17) is 21.6 Å². The molecule has 5 heteroatoms. The molecule has 0 heterocycles. The second kappa shape index (κ2) is 4.38. The Labute approximate surface area is 61.4 Å². The number of hydrogen-bond donors (Lipinski definition) is 2. The molecule has 0 fully saturated rings. The molecule has 46 valence electrons. The maximum atomic E-state index is 8.24. The SMILES string of the molecule is OB(O)/C=C(\Br)CCl. The summed E-state index contributed by atoms with van der Waals surface area (Å²) in [5.41, 5.74) is 0. The normalized spacial score (nSPS) is 11.8. The van der Waals surface area contributed by atoms with Crippen molar-refractivity contribution in [2.45, 2.75) is 0 Å². The van der Waals surface area contributed by atoms with Gasteiger partial charge in [-0.25, -0.2) is 0 Å². The van der Waals surface area contributed by atoms with Crippen LogP contribution in [-0.2, 0) is 0 Å². The first kappa shape index (κ1) is 8.49. The summed E-state index contributed by atoms with van der Waals surface area (Å²) in [6.07, 6.45) is 0. The minimum absolute atomic E-state index is 0.262. The van der Waals surface area contributed by atoms with Crippen LogP contribution in [0.5, 0.6) is 0 Å². The van der Waals surface area contributed by atoms with Gasteiger partial charge in [0.05, 0.1) is 5.88 Å². The second-order valence-corrected chi connectivity index (χ2v) is 2.45. The van der Waals surface area contributed by atoms with Crippen LogP contribution in [0.15, 0.2) is 10.5 Å². The maximum Gasteiger partial charge on any atom is 0.481 e. The van der Waals surface area contributed by atoms with E-state index in [1.54, 1.807) is 0 Å². The van der Waals surface area contributed by atoms with E-state index in [9.17, 15) is 0 Å². The number of allylic oxidation sites excluding steroid dienone is 1. The van der Waals surface area contributed by atoms with Gasteiger partial charge in [-0.3, -0.25) is 0 Å². The molecule has 0 amide bonds. The molecule has 0 aromatic rings. The zero-order chi connectivity index (χ0) is 6.57. The van der Waals surface area contributed by atoms with Gasteiger partial charge in [0.2, 0.25) is 0 Å². The van der Waals surface area contributed by atoms with Crippen LogP contribution in [-0.4, -0.2) is 23.0 Å². The molecule has 0 aromatic carbocycles. The predicted molar refractivity (Wildman–Crippen MR) is 37.9 cm³/mol. The van der Waals surface area contributed by atoms with E-state index in [1.165, 1.54) is 5.98 Å². The van der Waals surface area contributed by atoms with E-state index in [0.29, 0.717) is 4.48 Å². The first-order chi connectivity index (χ1) is 3.66. The summed E-state index contributed by atoms with van der Waals surface area (Å²) < 4.78 is 0.578. The summed E-state index contributed by atoms with van der Waals surface area (Å²) in [7, 11) is -1.41. The van der Waals surface area contributed by atoms with Crippen LogP contribution in [0.4, 0.5) is 0 Å². The molecule has 0 aliphatic carbocycles. The molecular formula is C3H5BBrClO2. The topological polar surface area (TPSA) is 40.5 Å². The fourth-order valence-corrected chi connectivity index (χ4v) is 0.532. The van der Waals surface area contributed by atoms with Gasteiger partial charge in [0.15, 0.2) is 0 Å². The van der Waals surface area contributed by atoms with E-state index >= 15 is 0 Å². The monoisotopic (exact) mass is 198 g/mol. The van der Waals surface area contributed by atoms with Gasteiger partial charge < -0.3 is 10.0 Å². The Hall–Kier alpha value is 0.495. The third-order valence-electron chi connectivity index (χ3n) is 0.458. The van der Waals surface area contributed by atoms with Crippen molar-refractivity contribution in [2.75, 3.05) is 5.88 Å². The standard InChI is InChI=1S/C3H5BBrClO2/c5-3(2-6)1-4(7)8/h1,7-8H,2H2/b3-1-. The highest BCUT2D eigenvalue weighted by Gasteiger charge is 2.00. The number of hydrogen-bond acceptors (Lipinski definition) is 2. The fourth-order valence-electron chi connectivity index (χ4n) is 0.206. The molecule has 0 bridgehead atoms. The Balaban J connectivity index is 3.56. The summed E-state index contributed by atoms with van der Waals surface area (Å²) in [4.78, 5) is 0. The summed E-state index contributed by atoms with van der Waals surface area (Å²) in [6, 6.07) is 0. The zero-order valence-corrected chi connectivity index (χ0v) is 6.35. The van der Waals surface area contributed by atoms with Crippen molar-refractivity contribution < 1.29 is 10.0 Å². The van der Waals surface area contributed by atoms with Gasteiger partial charge in [0.1, 0.15) is 0 Å². The molecular weight excluding hydrogens is 194 g/mol. The Morgan fingerprint density at radius 2 is 2.25 bits per heavy atom. The largest absolute Gasteiger partial charge is 0.481 e. The van der Waals surface area contributed by atoms with Crippen molar-refractivity contribution in [1.82, 2.24) is 0 Å². The van der Waals surface area contributed by atoms with Crippen molar-refractivity contribution in [3.05, 3.63) is 10.5 Å². The first-order valence-corrected chi connectivity index (χ1v) is 3.28. The maximum absolute atomic E-state index is 8.24. The average molecular weight is 199 g/mol. The molecule has 2 nitrogen and oxygen atoms in total. The highest BCUT2D eigenvalue weighted by molar-refractivity contribution is 9.11. The Morgan fingerprint density at radius 3 is 2.38 bits per heavy atom. The summed E-state index contributed by atoms with van der Waals surface area (Å²) in [6.45, 7) is 0. The van der Waals surface area contributed by atoms with E-state index in [1.807, 2.05) is 0 Å². The molecule has 0 saturated heterocycles. The van der Waals surface area contributed by atoms with Gasteiger partial charge in [-0.05, 0) is 5.98 Å². The Morgan fingerprint density at radius 1 is 1.75 bits per heavy atom. The lowest BCUT2D eigenvalue weighted by molar-refractivity contribution is 0.424. The predicted octanol–water partition coefficient (Wildman–Crippen LogP) is 0.516. The third-order valence-corrected chi connectivity index (χ3v) is 1.61. The number of alkyl halides is 1. The van der Waals surface area contributed by atoms with Gasteiger partial charge in [-0.1, -0.05) is 15.9 Å². The van der Waals surface area contributed by atoms with Crippen LogP contribution < -0.4 is 0 Å². The Bertz CT molecular complexity index is 95.3.